The average molecular weight is 1340 g/mol. The zero-order valence-corrected chi connectivity index (χ0v) is 60.1. The first kappa shape index (κ1) is 88.0. The van der Waals surface area contributed by atoms with E-state index < -0.39 is 86.8 Å². The molecule has 0 aromatic carbocycles. The third-order valence-electron chi connectivity index (χ3n) is 18.6. The zero-order valence-electron chi connectivity index (χ0n) is 60.1. The molecule has 1 amide bonds. The highest BCUT2D eigenvalue weighted by molar-refractivity contribution is 5.76. The van der Waals surface area contributed by atoms with Crippen molar-refractivity contribution in [1.82, 2.24) is 5.32 Å². The molecule has 14 nitrogen and oxygen atoms in total. The van der Waals surface area contributed by atoms with Crippen LogP contribution in [-0.4, -0.2) is 140 Å². The molecule has 9 N–H and O–H groups in total. The van der Waals surface area contributed by atoms with Crippen LogP contribution >= 0.6 is 0 Å². The normalized spacial score (nSPS) is 22.9. The van der Waals surface area contributed by atoms with Crippen molar-refractivity contribution in [2.24, 2.45) is 0 Å². The fourth-order valence-corrected chi connectivity index (χ4v) is 12.4. The summed E-state index contributed by atoms with van der Waals surface area (Å²) >= 11 is 0. The van der Waals surface area contributed by atoms with Gasteiger partial charge >= 0.3 is 0 Å². The molecule has 550 valence electrons. The van der Waals surface area contributed by atoms with E-state index in [4.69, 9.17) is 18.9 Å². The first-order chi connectivity index (χ1) is 46.6. The van der Waals surface area contributed by atoms with E-state index in [0.717, 1.165) is 103 Å². The number of amides is 1. The van der Waals surface area contributed by atoms with Crippen LogP contribution in [0.5, 0.6) is 0 Å². The maximum atomic E-state index is 13.4. The molecular weight excluding hydrogens is 1190 g/mol. The maximum absolute atomic E-state index is 13.4. The van der Waals surface area contributed by atoms with E-state index in [0.29, 0.717) is 19.3 Å². The zero-order chi connectivity index (χ0) is 68.7. The van der Waals surface area contributed by atoms with Gasteiger partial charge in [-0.25, -0.2) is 0 Å². The Balaban J connectivity index is 1.63. The Kier molecular flexibility index (Phi) is 59.6. The number of ether oxygens (including phenoxy) is 4. The minimum Gasteiger partial charge on any atom is -0.394 e. The molecule has 2 aliphatic rings. The van der Waals surface area contributed by atoms with Gasteiger partial charge in [-0.15, -0.1) is 0 Å². The van der Waals surface area contributed by atoms with Gasteiger partial charge < -0.3 is 65.1 Å². The second kappa shape index (κ2) is 64.3. The van der Waals surface area contributed by atoms with Crippen molar-refractivity contribution in [3.63, 3.8) is 0 Å². The quantitative estimate of drug-likeness (QED) is 0.0204. The molecule has 0 saturated carbocycles. The second-order valence-electron chi connectivity index (χ2n) is 27.1. The van der Waals surface area contributed by atoms with Crippen LogP contribution in [0, 0.1) is 0 Å². The van der Waals surface area contributed by atoms with Crippen LogP contribution in [0.25, 0.3) is 0 Å². The molecule has 0 spiro atoms. The molecule has 2 heterocycles. The summed E-state index contributed by atoms with van der Waals surface area (Å²) in [6, 6.07) is -0.839. The molecule has 0 aromatic rings. The van der Waals surface area contributed by atoms with Crippen molar-refractivity contribution in [2.75, 3.05) is 19.8 Å². The van der Waals surface area contributed by atoms with Crippen LogP contribution in [-0.2, 0) is 23.7 Å². The minimum atomic E-state index is -1.79. The molecule has 2 fully saturated rings. The fraction of sp³-hybridized carbons (Fsp3) is 0.790. The standard InChI is InChI=1S/C81H143NO13/c1-3-5-7-9-11-13-15-17-19-21-23-25-27-29-31-32-33-34-35-36-37-38-39-41-43-45-47-49-51-53-55-57-59-61-63-65-73(86)82-69(68-92-80-78(91)76(89)79(72(67-84)94-80)95-81-77(90)75(88)74(87)71(66-83)93-81)70(85)64-62-60-58-56-54-52-50-48-46-44-42-40-30-28-26-24-22-20-18-16-14-12-10-8-6-4-2/h5,7,11,13,17,19,23,25,29,31,33-34,36-37,39,41,69-72,74-81,83-85,87-91H,3-4,6,8-10,12,14-16,18,20-22,24,26-28,30,32,35,38,40,42-68H2,1-2H3,(H,82,86)/b7-5-,13-11-,19-17-,25-23-,31-29-,34-33-,37-36-,41-39-. The molecule has 12 atom stereocenters. The maximum Gasteiger partial charge on any atom is 0.220 e. The second-order valence-corrected chi connectivity index (χ2v) is 27.1. The van der Waals surface area contributed by atoms with Gasteiger partial charge in [0.25, 0.3) is 0 Å². The summed E-state index contributed by atoms with van der Waals surface area (Å²) in [5.74, 6) is -0.211. The Labute approximate surface area is 579 Å². The summed E-state index contributed by atoms with van der Waals surface area (Å²) in [6.07, 6.45) is 74.2. The molecule has 0 aromatic heterocycles. The Morgan fingerprint density at radius 3 is 1.12 bits per heavy atom. The lowest BCUT2D eigenvalue weighted by Crippen LogP contribution is -2.65. The summed E-state index contributed by atoms with van der Waals surface area (Å²) in [5.41, 5.74) is 0. The molecule has 14 heteroatoms. The minimum absolute atomic E-state index is 0.211. The van der Waals surface area contributed by atoms with E-state index >= 15 is 0 Å². The molecule has 0 radical (unpaired) electrons. The van der Waals surface area contributed by atoms with Gasteiger partial charge in [0, 0.05) is 6.42 Å². The van der Waals surface area contributed by atoms with Gasteiger partial charge in [0.15, 0.2) is 12.6 Å². The number of carbonyl (C=O) groups excluding carboxylic acids is 1. The Hall–Kier alpha value is -3.09. The van der Waals surface area contributed by atoms with E-state index in [1.54, 1.807) is 0 Å². The molecule has 2 aliphatic heterocycles. The number of allylic oxidation sites excluding steroid dienone is 16. The van der Waals surface area contributed by atoms with E-state index in [2.05, 4.69) is 116 Å². The highest BCUT2D eigenvalue weighted by Gasteiger charge is 2.51. The third-order valence-corrected chi connectivity index (χ3v) is 18.6. The van der Waals surface area contributed by atoms with E-state index in [1.165, 1.54) is 180 Å². The lowest BCUT2D eigenvalue weighted by molar-refractivity contribution is -0.359. The van der Waals surface area contributed by atoms with E-state index in [9.17, 15) is 45.6 Å². The van der Waals surface area contributed by atoms with Crippen LogP contribution in [0.3, 0.4) is 0 Å². The number of rotatable bonds is 64. The predicted molar refractivity (Wildman–Crippen MR) is 392 cm³/mol. The van der Waals surface area contributed by atoms with Crippen LogP contribution in [0.15, 0.2) is 97.2 Å². The molecular formula is C81H143NO13. The number of unbranched alkanes of at least 4 members (excludes halogenated alkanes) is 35. The van der Waals surface area contributed by atoms with Gasteiger partial charge in [-0.2, -0.15) is 0 Å². The fourth-order valence-electron chi connectivity index (χ4n) is 12.4. The SMILES string of the molecule is CC/C=C\C/C=C\C/C=C\C/C=C\C/C=C\C/C=C\C/C=C\C/C=C\CCCCCCCCCCCCC(=O)NC(COC1OC(CO)C(OC2OC(CO)C(O)C(O)C2O)C(O)C1O)C(O)CCCCCCCCCCCCCCCCCCCCCCCCCCCC. The number of aliphatic hydroxyl groups is 8. The lowest BCUT2D eigenvalue weighted by Gasteiger charge is -2.46. The summed E-state index contributed by atoms with van der Waals surface area (Å²) in [5, 5.41) is 87.8. The van der Waals surface area contributed by atoms with Crippen molar-refractivity contribution in [1.29, 1.82) is 0 Å². The number of hydrogen-bond donors (Lipinski definition) is 9. The van der Waals surface area contributed by atoms with E-state index in [-0.39, 0.29) is 12.5 Å². The van der Waals surface area contributed by atoms with Crippen molar-refractivity contribution >= 4 is 5.91 Å². The number of carbonyl (C=O) groups is 1. The van der Waals surface area contributed by atoms with Gasteiger partial charge in [0.2, 0.25) is 5.91 Å². The van der Waals surface area contributed by atoms with Crippen LogP contribution in [0.4, 0.5) is 0 Å². The number of hydrogen-bond acceptors (Lipinski definition) is 13. The summed E-state index contributed by atoms with van der Waals surface area (Å²) in [4.78, 5) is 13.4. The number of aliphatic hydroxyl groups excluding tert-OH is 8. The molecule has 0 aliphatic carbocycles. The van der Waals surface area contributed by atoms with Gasteiger partial charge in [-0.3, -0.25) is 4.79 Å². The first-order valence-corrected chi connectivity index (χ1v) is 39.0. The Morgan fingerprint density at radius 1 is 0.389 bits per heavy atom. The highest BCUT2D eigenvalue weighted by atomic mass is 16.7. The van der Waals surface area contributed by atoms with Crippen LogP contribution < -0.4 is 5.32 Å². The molecule has 95 heavy (non-hydrogen) atoms. The summed E-state index contributed by atoms with van der Waals surface area (Å²) in [7, 11) is 0. The topological polar surface area (TPSA) is 228 Å². The molecule has 12 unspecified atom stereocenters. The van der Waals surface area contributed by atoms with Gasteiger partial charge in [0.1, 0.15) is 48.8 Å². The van der Waals surface area contributed by atoms with Crippen LogP contribution in [0.1, 0.15) is 316 Å². The molecule has 0 bridgehead atoms. The first-order valence-electron chi connectivity index (χ1n) is 39.0. The third kappa shape index (κ3) is 47.6. The Morgan fingerprint density at radius 2 is 0.726 bits per heavy atom. The molecule has 2 saturated heterocycles. The van der Waals surface area contributed by atoms with Crippen molar-refractivity contribution in [3.05, 3.63) is 97.2 Å². The largest absolute Gasteiger partial charge is 0.394 e. The molecule has 2 rings (SSSR count). The van der Waals surface area contributed by atoms with E-state index in [1.807, 2.05) is 0 Å². The van der Waals surface area contributed by atoms with Crippen molar-refractivity contribution in [3.8, 4) is 0 Å². The van der Waals surface area contributed by atoms with Gasteiger partial charge in [-0.05, 0) is 77.0 Å². The Bertz CT molecular complexity index is 1970. The monoisotopic (exact) mass is 1340 g/mol. The van der Waals surface area contributed by atoms with Crippen LogP contribution in [0.2, 0.25) is 0 Å². The van der Waals surface area contributed by atoms with Crippen molar-refractivity contribution < 1.29 is 64.6 Å². The number of nitrogens with one attached hydrogen (secondary N) is 1. The van der Waals surface area contributed by atoms with Crippen molar-refractivity contribution in [2.45, 2.75) is 389 Å². The van der Waals surface area contributed by atoms with Gasteiger partial charge in [0.05, 0.1) is 32.0 Å². The predicted octanol–water partition coefficient (Wildman–Crippen LogP) is 17.3. The van der Waals surface area contributed by atoms with Gasteiger partial charge in [-0.1, -0.05) is 329 Å². The summed E-state index contributed by atoms with van der Waals surface area (Å²) < 4.78 is 23.0. The smallest absolute Gasteiger partial charge is 0.220 e. The highest BCUT2D eigenvalue weighted by Crippen LogP contribution is 2.30. The summed E-state index contributed by atoms with van der Waals surface area (Å²) in [6.45, 7) is 2.78. The lowest BCUT2D eigenvalue weighted by atomic mass is 9.97. The average Bonchev–Trinajstić information content (AvgIpc) is 0.800.